The highest BCUT2D eigenvalue weighted by atomic mass is 16.7. The van der Waals surface area contributed by atoms with Crippen LogP contribution in [0.2, 0.25) is 5.82 Å². The summed E-state index contributed by atoms with van der Waals surface area (Å²) < 4.78 is 12.0. The van der Waals surface area contributed by atoms with E-state index in [9.17, 15) is 4.91 Å². The summed E-state index contributed by atoms with van der Waals surface area (Å²) in [6, 6.07) is 0.0187. The van der Waals surface area contributed by atoms with E-state index in [4.69, 9.17) is 9.31 Å². The van der Waals surface area contributed by atoms with Crippen LogP contribution in [0.3, 0.4) is 0 Å². The lowest BCUT2D eigenvalue weighted by Crippen LogP contribution is -2.41. The second-order valence-corrected chi connectivity index (χ2v) is 5.90. The number of nitroso groups, excluding NO2 is 1. The molecular weight excluding hydrogens is 231 g/mol. The molecule has 5 nitrogen and oxygen atoms in total. The third kappa shape index (κ3) is 2.15. The molecule has 0 aromatic rings. The van der Waals surface area contributed by atoms with Crippen molar-refractivity contribution in [2.24, 2.45) is 10.2 Å². The van der Waals surface area contributed by atoms with E-state index in [1.54, 1.807) is 6.08 Å². The molecule has 0 saturated carbocycles. The normalized spacial score (nSPS) is 33.4. The molecule has 2 atom stereocenters. The minimum absolute atomic E-state index is 0.0187. The summed E-state index contributed by atoms with van der Waals surface area (Å²) in [5.41, 5.74) is -0.407. The predicted octanol–water partition coefficient (Wildman–Crippen LogP) is 2.57. The van der Waals surface area contributed by atoms with Crippen molar-refractivity contribution in [3.05, 3.63) is 16.7 Å². The Kier molecular flexibility index (Phi) is 3.19. The van der Waals surface area contributed by atoms with Crippen molar-refractivity contribution < 1.29 is 9.31 Å². The van der Waals surface area contributed by atoms with Crippen molar-refractivity contribution in [1.82, 2.24) is 0 Å². The monoisotopic (exact) mass is 250 g/mol. The molecule has 18 heavy (non-hydrogen) atoms. The smallest absolute Gasteiger partial charge is 0.403 e. The van der Waals surface area contributed by atoms with Crippen LogP contribution in [0.5, 0.6) is 0 Å². The molecule has 98 valence electrons. The van der Waals surface area contributed by atoms with Gasteiger partial charge < -0.3 is 9.31 Å². The highest BCUT2D eigenvalue weighted by molar-refractivity contribution is 6.48. The Balaban J connectivity index is 2.21. The van der Waals surface area contributed by atoms with Crippen molar-refractivity contribution in [2.45, 2.75) is 57.7 Å². The van der Waals surface area contributed by atoms with Gasteiger partial charge in [0.1, 0.15) is 5.70 Å². The van der Waals surface area contributed by atoms with Crippen LogP contribution in [0.25, 0.3) is 0 Å². The third-order valence-corrected chi connectivity index (χ3v) is 4.05. The van der Waals surface area contributed by atoms with Gasteiger partial charge in [-0.05, 0) is 39.8 Å². The van der Waals surface area contributed by atoms with Crippen LogP contribution in [0.4, 0.5) is 0 Å². The van der Waals surface area contributed by atoms with Gasteiger partial charge in [-0.25, -0.2) is 0 Å². The van der Waals surface area contributed by atoms with Crippen molar-refractivity contribution in [1.29, 1.82) is 0 Å². The number of hydrogen-bond donors (Lipinski definition) is 0. The molecule has 0 radical (unpaired) electrons. The summed E-state index contributed by atoms with van der Waals surface area (Å²) in [6.45, 7) is 10.0. The Hall–Kier alpha value is -1.01. The highest BCUT2D eigenvalue weighted by Gasteiger charge is 2.54. The van der Waals surface area contributed by atoms with Gasteiger partial charge in [0.2, 0.25) is 0 Å². The molecule has 2 heterocycles. The molecule has 2 unspecified atom stereocenters. The second-order valence-electron chi connectivity index (χ2n) is 5.90. The molecular formula is C12H19BN2O3. The maximum absolute atomic E-state index is 10.6. The highest BCUT2D eigenvalue weighted by Crippen LogP contribution is 2.42. The Morgan fingerprint density at radius 2 is 1.83 bits per heavy atom. The van der Waals surface area contributed by atoms with Crippen molar-refractivity contribution >= 4 is 13.3 Å². The first-order valence-electron chi connectivity index (χ1n) is 6.21. The van der Waals surface area contributed by atoms with Crippen LogP contribution in [-0.2, 0) is 9.31 Å². The third-order valence-electron chi connectivity index (χ3n) is 4.05. The molecule has 0 aromatic heterocycles. The topological polar surface area (TPSA) is 60.2 Å². The van der Waals surface area contributed by atoms with E-state index in [1.165, 1.54) is 6.21 Å². The molecule has 0 spiro atoms. The lowest BCUT2D eigenvalue weighted by molar-refractivity contribution is 0.00578. The van der Waals surface area contributed by atoms with Gasteiger partial charge >= 0.3 is 7.12 Å². The van der Waals surface area contributed by atoms with Crippen molar-refractivity contribution in [3.63, 3.8) is 0 Å². The van der Waals surface area contributed by atoms with Gasteiger partial charge in [0, 0.05) is 5.82 Å². The average Bonchev–Trinajstić information content (AvgIpc) is 2.48. The molecule has 2 aliphatic rings. The largest absolute Gasteiger partial charge is 0.467 e. The zero-order valence-electron chi connectivity index (χ0n) is 11.5. The summed E-state index contributed by atoms with van der Waals surface area (Å²) in [4.78, 5) is 14.8. The summed E-state index contributed by atoms with van der Waals surface area (Å²) >= 11 is 0. The lowest BCUT2D eigenvalue weighted by atomic mass is 9.67. The summed E-state index contributed by atoms with van der Waals surface area (Å²) in [5.74, 6) is -0.0799. The summed E-state index contributed by atoms with van der Waals surface area (Å²) in [5, 5.41) is 2.93. The quantitative estimate of drug-likeness (QED) is 0.559. The molecule has 6 heteroatoms. The fraction of sp³-hybridized carbons (Fsp3) is 0.750. The summed E-state index contributed by atoms with van der Waals surface area (Å²) in [7, 11) is -0.390. The van der Waals surface area contributed by atoms with E-state index in [1.807, 2.05) is 34.6 Å². The van der Waals surface area contributed by atoms with Gasteiger partial charge in [-0.1, -0.05) is 6.08 Å². The lowest BCUT2D eigenvalue weighted by Gasteiger charge is -2.32. The van der Waals surface area contributed by atoms with E-state index >= 15 is 0 Å². The average molecular weight is 250 g/mol. The fourth-order valence-corrected chi connectivity index (χ4v) is 2.08. The molecule has 0 bridgehead atoms. The van der Waals surface area contributed by atoms with Crippen LogP contribution >= 0.6 is 0 Å². The first-order valence-corrected chi connectivity index (χ1v) is 6.21. The molecule has 2 aliphatic heterocycles. The van der Waals surface area contributed by atoms with Gasteiger partial charge in [0.15, 0.2) is 0 Å². The Labute approximate surface area is 108 Å². The minimum atomic E-state index is -0.390. The molecule has 0 aromatic carbocycles. The van der Waals surface area contributed by atoms with E-state index in [-0.39, 0.29) is 30.2 Å². The predicted molar refractivity (Wildman–Crippen MR) is 71.7 cm³/mol. The van der Waals surface area contributed by atoms with Crippen molar-refractivity contribution in [3.8, 4) is 0 Å². The molecule has 0 amide bonds. The SMILES string of the molecule is CC1N=CC(N=O)=CC1B1OC(C)(C)C(C)(C)O1. The minimum Gasteiger partial charge on any atom is -0.403 e. The van der Waals surface area contributed by atoms with E-state index < -0.39 is 0 Å². The van der Waals surface area contributed by atoms with Crippen LogP contribution in [0.1, 0.15) is 34.6 Å². The number of aliphatic imine (C=N–C) groups is 1. The molecule has 0 aliphatic carbocycles. The molecule has 1 saturated heterocycles. The molecule has 2 rings (SSSR count). The number of hydrogen-bond acceptors (Lipinski definition) is 5. The van der Waals surface area contributed by atoms with E-state index in [0.717, 1.165) is 0 Å². The van der Waals surface area contributed by atoms with Crippen LogP contribution in [0.15, 0.2) is 21.9 Å². The maximum Gasteiger partial charge on any atom is 0.467 e. The Morgan fingerprint density at radius 3 is 2.33 bits per heavy atom. The van der Waals surface area contributed by atoms with Gasteiger partial charge in [0.05, 0.1) is 23.5 Å². The molecule has 1 fully saturated rings. The van der Waals surface area contributed by atoms with E-state index in [2.05, 4.69) is 10.2 Å². The first-order chi connectivity index (χ1) is 8.27. The second kappa shape index (κ2) is 4.28. The standard InChI is InChI=1S/C12H19BN2O3/c1-8-10(6-9(15-16)7-14-8)13-17-11(2,3)12(4,5)18-13/h6-8,10H,1-5H3. The van der Waals surface area contributed by atoms with E-state index in [0.29, 0.717) is 5.70 Å². The van der Waals surface area contributed by atoms with Crippen LogP contribution < -0.4 is 0 Å². The van der Waals surface area contributed by atoms with Gasteiger partial charge in [-0.3, -0.25) is 4.99 Å². The number of allylic oxidation sites excluding steroid dienone is 1. The summed E-state index contributed by atoms with van der Waals surface area (Å²) in [6.07, 6.45) is 3.28. The zero-order valence-corrected chi connectivity index (χ0v) is 11.5. The number of nitrogens with zero attached hydrogens (tertiary/aromatic N) is 2. The van der Waals surface area contributed by atoms with Crippen LogP contribution in [0, 0.1) is 4.91 Å². The molecule has 0 N–H and O–H groups in total. The Bertz CT molecular complexity index is 402. The fourth-order valence-electron chi connectivity index (χ4n) is 2.08. The van der Waals surface area contributed by atoms with Crippen molar-refractivity contribution in [2.75, 3.05) is 0 Å². The van der Waals surface area contributed by atoms with Gasteiger partial charge in [-0.2, -0.15) is 0 Å². The van der Waals surface area contributed by atoms with Gasteiger partial charge in [-0.15, -0.1) is 4.91 Å². The Morgan fingerprint density at radius 1 is 1.28 bits per heavy atom. The first kappa shape index (κ1) is 13.4. The number of rotatable bonds is 2. The van der Waals surface area contributed by atoms with Crippen LogP contribution in [-0.4, -0.2) is 30.6 Å². The van der Waals surface area contributed by atoms with Gasteiger partial charge in [0.25, 0.3) is 0 Å². The maximum atomic E-state index is 10.6. The number of dihydropyridines is 1. The zero-order chi connectivity index (χ0) is 13.6.